The van der Waals surface area contributed by atoms with Crippen molar-refractivity contribution >= 4 is 0 Å². The van der Waals surface area contributed by atoms with E-state index in [2.05, 4.69) is 57.3 Å². The Morgan fingerprint density at radius 1 is 1.14 bits per heavy atom. The van der Waals surface area contributed by atoms with Crippen LogP contribution < -0.4 is 5.32 Å². The highest BCUT2D eigenvalue weighted by atomic mass is 16.5. The summed E-state index contributed by atoms with van der Waals surface area (Å²) in [6.07, 6.45) is 3.69. The fourth-order valence-electron chi connectivity index (χ4n) is 2.64. The summed E-state index contributed by atoms with van der Waals surface area (Å²) in [6.45, 7) is 11.9. The van der Waals surface area contributed by atoms with Crippen LogP contribution in [0.5, 0.6) is 0 Å². The molecule has 1 unspecified atom stereocenters. The number of nitrogens with one attached hydrogen (secondary N) is 1. The van der Waals surface area contributed by atoms with Gasteiger partial charge in [0.05, 0.1) is 6.61 Å². The van der Waals surface area contributed by atoms with E-state index in [-0.39, 0.29) is 5.41 Å². The van der Waals surface area contributed by atoms with Crippen LogP contribution in [0.15, 0.2) is 24.3 Å². The van der Waals surface area contributed by atoms with Gasteiger partial charge in [0.25, 0.3) is 0 Å². The van der Waals surface area contributed by atoms with E-state index in [1.165, 1.54) is 24.0 Å². The van der Waals surface area contributed by atoms with Crippen molar-refractivity contribution < 1.29 is 4.74 Å². The SMILES string of the molecule is CCCC(CNCCOC)Cc1ccc(C(C)(C)C)cc1. The first-order valence-electron chi connectivity index (χ1n) is 8.26. The largest absolute Gasteiger partial charge is 0.383 e. The van der Waals surface area contributed by atoms with Gasteiger partial charge in [-0.25, -0.2) is 0 Å². The van der Waals surface area contributed by atoms with Gasteiger partial charge < -0.3 is 10.1 Å². The summed E-state index contributed by atoms with van der Waals surface area (Å²) in [5.41, 5.74) is 3.11. The Kier molecular flexibility index (Phi) is 7.98. The Bertz CT molecular complexity index is 378. The first-order valence-corrected chi connectivity index (χ1v) is 8.26. The number of hydrogen-bond acceptors (Lipinski definition) is 2. The van der Waals surface area contributed by atoms with Crippen LogP contribution >= 0.6 is 0 Å². The predicted molar refractivity (Wildman–Crippen MR) is 92.0 cm³/mol. The van der Waals surface area contributed by atoms with E-state index in [4.69, 9.17) is 4.74 Å². The fraction of sp³-hybridized carbons (Fsp3) is 0.684. The molecular formula is C19H33NO. The van der Waals surface area contributed by atoms with Gasteiger partial charge in [0.1, 0.15) is 0 Å². The maximum Gasteiger partial charge on any atom is 0.0587 e. The lowest BCUT2D eigenvalue weighted by atomic mass is 9.85. The number of methoxy groups -OCH3 is 1. The van der Waals surface area contributed by atoms with Crippen molar-refractivity contribution in [2.45, 2.75) is 52.4 Å². The molecule has 2 heteroatoms. The van der Waals surface area contributed by atoms with Crippen LogP contribution in [0, 0.1) is 5.92 Å². The molecule has 0 spiro atoms. The van der Waals surface area contributed by atoms with Gasteiger partial charge in [-0.2, -0.15) is 0 Å². The molecular weight excluding hydrogens is 258 g/mol. The third kappa shape index (κ3) is 7.10. The molecule has 0 aliphatic heterocycles. The lowest BCUT2D eigenvalue weighted by Crippen LogP contribution is -2.27. The van der Waals surface area contributed by atoms with Crippen LogP contribution in [0.25, 0.3) is 0 Å². The van der Waals surface area contributed by atoms with E-state index in [1.807, 2.05) is 0 Å². The number of hydrogen-bond donors (Lipinski definition) is 1. The Balaban J connectivity index is 2.54. The second-order valence-corrected chi connectivity index (χ2v) is 7.00. The van der Waals surface area contributed by atoms with E-state index >= 15 is 0 Å². The van der Waals surface area contributed by atoms with Crippen molar-refractivity contribution in [3.63, 3.8) is 0 Å². The minimum atomic E-state index is 0.239. The van der Waals surface area contributed by atoms with Crippen molar-refractivity contribution in [2.24, 2.45) is 5.92 Å². The summed E-state index contributed by atoms with van der Waals surface area (Å²) < 4.78 is 5.08. The maximum absolute atomic E-state index is 5.08. The number of rotatable bonds is 9. The molecule has 1 N–H and O–H groups in total. The molecule has 0 bridgehead atoms. The van der Waals surface area contributed by atoms with Crippen molar-refractivity contribution in [3.05, 3.63) is 35.4 Å². The van der Waals surface area contributed by atoms with Crippen molar-refractivity contribution in [1.82, 2.24) is 5.32 Å². The van der Waals surface area contributed by atoms with E-state index < -0.39 is 0 Å². The van der Waals surface area contributed by atoms with Crippen LogP contribution in [0.1, 0.15) is 51.7 Å². The first kappa shape index (κ1) is 18.2. The smallest absolute Gasteiger partial charge is 0.0587 e. The zero-order valence-electron chi connectivity index (χ0n) is 14.5. The molecule has 0 saturated carbocycles. The van der Waals surface area contributed by atoms with Gasteiger partial charge in [-0.15, -0.1) is 0 Å². The Morgan fingerprint density at radius 3 is 2.33 bits per heavy atom. The molecule has 0 aliphatic carbocycles. The summed E-state index contributed by atoms with van der Waals surface area (Å²) in [5, 5.41) is 3.50. The fourth-order valence-corrected chi connectivity index (χ4v) is 2.64. The second kappa shape index (κ2) is 9.22. The average molecular weight is 291 g/mol. The lowest BCUT2D eigenvalue weighted by Gasteiger charge is -2.20. The van der Waals surface area contributed by atoms with Gasteiger partial charge in [-0.3, -0.25) is 0 Å². The quantitative estimate of drug-likeness (QED) is 0.689. The Hall–Kier alpha value is -0.860. The monoisotopic (exact) mass is 291 g/mol. The van der Waals surface area contributed by atoms with Crippen LogP contribution in [0.3, 0.4) is 0 Å². The Morgan fingerprint density at radius 2 is 1.81 bits per heavy atom. The van der Waals surface area contributed by atoms with Crippen molar-refractivity contribution in [1.29, 1.82) is 0 Å². The van der Waals surface area contributed by atoms with E-state index in [0.29, 0.717) is 5.92 Å². The molecule has 21 heavy (non-hydrogen) atoms. The highest BCUT2D eigenvalue weighted by molar-refractivity contribution is 5.27. The van der Waals surface area contributed by atoms with Crippen LogP contribution in [0.4, 0.5) is 0 Å². The third-order valence-corrected chi connectivity index (χ3v) is 3.96. The molecule has 1 atom stereocenters. The molecule has 0 heterocycles. The van der Waals surface area contributed by atoms with Crippen LogP contribution in [-0.2, 0) is 16.6 Å². The molecule has 2 nitrogen and oxygen atoms in total. The van der Waals surface area contributed by atoms with Gasteiger partial charge in [0.2, 0.25) is 0 Å². The highest BCUT2D eigenvalue weighted by Crippen LogP contribution is 2.23. The minimum Gasteiger partial charge on any atom is -0.383 e. The molecule has 1 aromatic carbocycles. The second-order valence-electron chi connectivity index (χ2n) is 7.00. The van der Waals surface area contributed by atoms with Crippen molar-refractivity contribution in [2.75, 3.05) is 26.8 Å². The first-order chi connectivity index (χ1) is 9.97. The molecule has 1 rings (SSSR count). The van der Waals surface area contributed by atoms with Gasteiger partial charge in [-0.05, 0) is 41.8 Å². The van der Waals surface area contributed by atoms with E-state index in [1.54, 1.807) is 7.11 Å². The molecule has 0 aliphatic rings. The van der Waals surface area contributed by atoms with Crippen LogP contribution in [0.2, 0.25) is 0 Å². The van der Waals surface area contributed by atoms with Gasteiger partial charge in [-0.1, -0.05) is 58.4 Å². The molecule has 120 valence electrons. The Labute approximate surface area is 131 Å². The van der Waals surface area contributed by atoms with Crippen molar-refractivity contribution in [3.8, 4) is 0 Å². The third-order valence-electron chi connectivity index (χ3n) is 3.96. The summed E-state index contributed by atoms with van der Waals surface area (Å²) >= 11 is 0. The van der Waals surface area contributed by atoms with Crippen LogP contribution in [-0.4, -0.2) is 26.8 Å². The average Bonchev–Trinajstić information content (AvgIpc) is 2.43. The zero-order valence-corrected chi connectivity index (χ0v) is 14.5. The molecule has 1 aromatic rings. The van der Waals surface area contributed by atoms with Gasteiger partial charge in [0, 0.05) is 13.7 Å². The summed E-state index contributed by atoms with van der Waals surface area (Å²) in [6, 6.07) is 9.18. The topological polar surface area (TPSA) is 21.3 Å². The molecule has 0 aromatic heterocycles. The highest BCUT2D eigenvalue weighted by Gasteiger charge is 2.14. The minimum absolute atomic E-state index is 0.239. The summed E-state index contributed by atoms with van der Waals surface area (Å²) in [7, 11) is 1.75. The van der Waals surface area contributed by atoms with E-state index in [9.17, 15) is 0 Å². The molecule has 0 radical (unpaired) electrons. The standard InChI is InChI=1S/C19H33NO/c1-6-7-17(15-20-12-13-21-5)14-16-8-10-18(11-9-16)19(2,3)4/h8-11,17,20H,6-7,12-15H2,1-5H3. The lowest BCUT2D eigenvalue weighted by molar-refractivity contribution is 0.197. The normalized spacial score (nSPS) is 13.4. The van der Waals surface area contributed by atoms with E-state index in [0.717, 1.165) is 26.1 Å². The number of ether oxygens (including phenoxy) is 1. The maximum atomic E-state index is 5.08. The molecule has 0 amide bonds. The molecule has 0 fully saturated rings. The summed E-state index contributed by atoms with van der Waals surface area (Å²) in [4.78, 5) is 0. The summed E-state index contributed by atoms with van der Waals surface area (Å²) in [5.74, 6) is 0.715. The zero-order chi connectivity index (χ0) is 15.7. The number of benzene rings is 1. The van der Waals surface area contributed by atoms with Gasteiger partial charge in [0.15, 0.2) is 0 Å². The predicted octanol–water partition coefficient (Wildman–Crippen LogP) is 4.18. The molecule has 0 saturated heterocycles. The van der Waals surface area contributed by atoms with Gasteiger partial charge >= 0.3 is 0 Å².